The molecule has 0 saturated carbocycles. The van der Waals surface area contributed by atoms with Gasteiger partial charge in [-0.2, -0.15) is 0 Å². The Balaban J connectivity index is 1.41. The summed E-state index contributed by atoms with van der Waals surface area (Å²) in [5.41, 5.74) is 1.20. The third-order valence-corrected chi connectivity index (χ3v) is 4.82. The van der Waals surface area contributed by atoms with E-state index in [1.165, 1.54) is 5.56 Å². The van der Waals surface area contributed by atoms with Gasteiger partial charge in [-0.3, -0.25) is 14.6 Å². The molecule has 1 atom stereocenters. The summed E-state index contributed by atoms with van der Waals surface area (Å²) >= 11 is 0. The first kappa shape index (κ1) is 18.0. The third-order valence-electron chi connectivity index (χ3n) is 4.82. The van der Waals surface area contributed by atoms with Gasteiger partial charge in [-0.25, -0.2) is 0 Å². The Hall–Kier alpha value is -1.83. The van der Waals surface area contributed by atoms with E-state index >= 15 is 0 Å². The zero-order valence-corrected chi connectivity index (χ0v) is 15.1. The van der Waals surface area contributed by atoms with Crippen LogP contribution in [0.25, 0.3) is 0 Å². The summed E-state index contributed by atoms with van der Waals surface area (Å²) < 4.78 is 10.8. The van der Waals surface area contributed by atoms with E-state index in [0.29, 0.717) is 26.0 Å². The van der Waals surface area contributed by atoms with Crippen molar-refractivity contribution in [1.29, 1.82) is 0 Å². The van der Waals surface area contributed by atoms with Crippen LogP contribution in [-0.2, 0) is 11.2 Å². The summed E-state index contributed by atoms with van der Waals surface area (Å²) in [7, 11) is 2.03. The zero-order valence-electron chi connectivity index (χ0n) is 15.1. The SMILES string of the molecule is CC(Cc1ccc2c(c1)OCO2)N(C)CNC(=O)CN1CCNCC1. The Morgan fingerprint density at radius 1 is 1.32 bits per heavy atom. The van der Waals surface area contributed by atoms with Crippen LogP contribution in [0.1, 0.15) is 12.5 Å². The van der Waals surface area contributed by atoms with Gasteiger partial charge in [0.2, 0.25) is 12.7 Å². The molecule has 2 heterocycles. The highest BCUT2D eigenvalue weighted by Crippen LogP contribution is 2.32. The monoisotopic (exact) mass is 348 g/mol. The summed E-state index contributed by atoms with van der Waals surface area (Å²) in [4.78, 5) is 16.4. The number of nitrogens with zero attached hydrogens (tertiary/aromatic N) is 2. The molecular weight excluding hydrogens is 320 g/mol. The van der Waals surface area contributed by atoms with Crippen molar-refractivity contribution >= 4 is 5.91 Å². The van der Waals surface area contributed by atoms with Crippen molar-refractivity contribution in [2.75, 3.05) is 53.2 Å². The van der Waals surface area contributed by atoms with Crippen LogP contribution in [0.4, 0.5) is 0 Å². The summed E-state index contributed by atoms with van der Waals surface area (Å²) in [6.45, 7) is 7.27. The lowest BCUT2D eigenvalue weighted by atomic mass is 10.1. The molecule has 25 heavy (non-hydrogen) atoms. The van der Waals surface area contributed by atoms with Gasteiger partial charge in [-0.15, -0.1) is 0 Å². The predicted molar refractivity (Wildman–Crippen MR) is 95.8 cm³/mol. The number of fused-ring (bicyclic) bond motifs is 1. The van der Waals surface area contributed by atoms with Crippen LogP contribution in [0.3, 0.4) is 0 Å². The van der Waals surface area contributed by atoms with Crippen LogP contribution in [0, 0.1) is 0 Å². The third kappa shape index (κ3) is 5.07. The van der Waals surface area contributed by atoms with Crippen molar-refractivity contribution in [3.63, 3.8) is 0 Å². The smallest absolute Gasteiger partial charge is 0.235 e. The maximum atomic E-state index is 12.1. The average molecular weight is 348 g/mol. The second kappa shape index (κ2) is 8.51. The van der Waals surface area contributed by atoms with Crippen molar-refractivity contribution < 1.29 is 14.3 Å². The normalized spacial score (nSPS) is 18.4. The van der Waals surface area contributed by atoms with E-state index in [1.54, 1.807) is 0 Å². The van der Waals surface area contributed by atoms with Gasteiger partial charge in [0, 0.05) is 32.2 Å². The second-order valence-electron chi connectivity index (χ2n) is 6.78. The van der Waals surface area contributed by atoms with E-state index in [1.807, 2.05) is 19.2 Å². The Bertz CT molecular complexity index is 590. The van der Waals surface area contributed by atoms with Crippen LogP contribution < -0.4 is 20.1 Å². The molecule has 7 nitrogen and oxygen atoms in total. The summed E-state index contributed by atoms with van der Waals surface area (Å²) in [6, 6.07) is 6.37. The van der Waals surface area contributed by atoms with Crippen LogP contribution in [0.2, 0.25) is 0 Å². The number of benzene rings is 1. The molecule has 0 bridgehead atoms. The Kier molecular flexibility index (Phi) is 6.12. The molecule has 3 rings (SSSR count). The quantitative estimate of drug-likeness (QED) is 0.689. The molecule has 2 aliphatic rings. The van der Waals surface area contributed by atoms with Gasteiger partial charge in [-0.05, 0) is 38.1 Å². The van der Waals surface area contributed by atoms with Crippen molar-refractivity contribution in [2.45, 2.75) is 19.4 Å². The molecule has 1 aromatic carbocycles. The number of hydrogen-bond acceptors (Lipinski definition) is 6. The second-order valence-corrected chi connectivity index (χ2v) is 6.78. The first-order valence-corrected chi connectivity index (χ1v) is 8.90. The van der Waals surface area contributed by atoms with E-state index in [4.69, 9.17) is 9.47 Å². The molecule has 2 N–H and O–H groups in total. The van der Waals surface area contributed by atoms with Crippen LogP contribution in [-0.4, -0.2) is 75.0 Å². The molecule has 1 saturated heterocycles. The number of hydrogen-bond donors (Lipinski definition) is 2. The minimum absolute atomic E-state index is 0.0871. The van der Waals surface area contributed by atoms with Crippen molar-refractivity contribution in [3.8, 4) is 11.5 Å². The van der Waals surface area contributed by atoms with Crippen molar-refractivity contribution in [2.24, 2.45) is 0 Å². The maximum Gasteiger partial charge on any atom is 0.235 e. The number of carbonyl (C=O) groups is 1. The number of ether oxygens (including phenoxy) is 2. The van der Waals surface area contributed by atoms with Gasteiger partial charge in [0.25, 0.3) is 0 Å². The lowest BCUT2D eigenvalue weighted by Crippen LogP contribution is -2.49. The van der Waals surface area contributed by atoms with E-state index in [9.17, 15) is 4.79 Å². The maximum absolute atomic E-state index is 12.1. The van der Waals surface area contributed by atoms with E-state index in [2.05, 4.69) is 33.4 Å². The first-order valence-electron chi connectivity index (χ1n) is 8.90. The molecule has 0 radical (unpaired) electrons. The van der Waals surface area contributed by atoms with Crippen LogP contribution >= 0.6 is 0 Å². The van der Waals surface area contributed by atoms with Gasteiger partial charge in [0.15, 0.2) is 11.5 Å². The van der Waals surface area contributed by atoms with Gasteiger partial charge in [-0.1, -0.05) is 6.07 Å². The number of amides is 1. The fourth-order valence-corrected chi connectivity index (χ4v) is 3.06. The molecule has 7 heteroatoms. The molecule has 1 fully saturated rings. The Morgan fingerprint density at radius 2 is 2.08 bits per heavy atom. The zero-order chi connectivity index (χ0) is 17.6. The summed E-state index contributed by atoms with van der Waals surface area (Å²) in [5, 5.41) is 6.31. The van der Waals surface area contributed by atoms with Gasteiger partial charge in [0.1, 0.15) is 0 Å². The molecule has 0 aliphatic carbocycles. The number of carbonyl (C=O) groups excluding carboxylic acids is 1. The first-order chi connectivity index (χ1) is 12.1. The highest BCUT2D eigenvalue weighted by atomic mass is 16.7. The molecule has 1 amide bonds. The molecule has 1 unspecified atom stereocenters. The Morgan fingerprint density at radius 3 is 2.88 bits per heavy atom. The molecule has 138 valence electrons. The standard InChI is InChI=1S/C18H28N4O3/c1-14(9-15-3-4-16-17(10-15)25-13-24-16)21(2)12-20-18(23)11-22-7-5-19-6-8-22/h3-4,10,14,19H,5-9,11-13H2,1-2H3,(H,20,23). The van der Waals surface area contributed by atoms with E-state index < -0.39 is 0 Å². The fraction of sp³-hybridized carbons (Fsp3) is 0.611. The van der Waals surface area contributed by atoms with Crippen molar-refractivity contribution in [1.82, 2.24) is 20.4 Å². The predicted octanol–water partition coefficient (Wildman–Crippen LogP) is 0.257. The van der Waals surface area contributed by atoms with E-state index in [-0.39, 0.29) is 5.91 Å². The molecule has 0 spiro atoms. The Labute approximate surface area is 149 Å². The topological polar surface area (TPSA) is 66.1 Å². The summed E-state index contributed by atoms with van der Waals surface area (Å²) in [5.74, 6) is 1.71. The van der Waals surface area contributed by atoms with Crippen LogP contribution in [0.5, 0.6) is 11.5 Å². The number of likely N-dealkylation sites (N-methyl/N-ethyl adjacent to an activating group) is 1. The highest BCUT2D eigenvalue weighted by Gasteiger charge is 2.17. The van der Waals surface area contributed by atoms with Gasteiger partial charge < -0.3 is 20.1 Å². The van der Waals surface area contributed by atoms with Gasteiger partial charge in [0.05, 0.1) is 13.2 Å². The molecule has 1 aromatic rings. The lowest BCUT2D eigenvalue weighted by Gasteiger charge is -2.28. The molecular formula is C18H28N4O3. The molecule has 2 aliphatic heterocycles. The van der Waals surface area contributed by atoms with Crippen molar-refractivity contribution in [3.05, 3.63) is 23.8 Å². The number of piperazine rings is 1. The van der Waals surface area contributed by atoms with Crippen LogP contribution in [0.15, 0.2) is 18.2 Å². The number of rotatable bonds is 7. The van der Waals surface area contributed by atoms with E-state index in [0.717, 1.165) is 44.1 Å². The largest absolute Gasteiger partial charge is 0.454 e. The lowest BCUT2D eigenvalue weighted by molar-refractivity contribution is -0.123. The van der Waals surface area contributed by atoms with Gasteiger partial charge >= 0.3 is 0 Å². The molecule has 0 aromatic heterocycles. The summed E-state index contributed by atoms with van der Waals surface area (Å²) in [6.07, 6.45) is 0.890. The minimum atomic E-state index is 0.0871. The average Bonchev–Trinajstić information content (AvgIpc) is 3.08. The highest BCUT2D eigenvalue weighted by molar-refractivity contribution is 5.77. The fourth-order valence-electron chi connectivity index (χ4n) is 3.06. The minimum Gasteiger partial charge on any atom is -0.454 e. The number of nitrogens with one attached hydrogen (secondary N) is 2.